The highest BCUT2D eigenvalue weighted by molar-refractivity contribution is 9.10. The maximum atomic E-state index is 14.3. The van der Waals surface area contributed by atoms with Crippen molar-refractivity contribution in [2.75, 3.05) is 10.2 Å². The van der Waals surface area contributed by atoms with Gasteiger partial charge in [0, 0.05) is 29.6 Å². The van der Waals surface area contributed by atoms with Gasteiger partial charge in [-0.3, -0.25) is 14.7 Å². The molecule has 0 saturated heterocycles. The number of halogens is 2. The fraction of sp³-hybridized carbons (Fsp3) is 0.0556. The first-order valence-electron chi connectivity index (χ1n) is 7.46. The van der Waals surface area contributed by atoms with Crippen LogP contribution in [0.5, 0.6) is 0 Å². The van der Waals surface area contributed by atoms with Crippen molar-refractivity contribution < 1.29 is 9.18 Å². The minimum atomic E-state index is -0.509. The number of pyridine rings is 2. The average Bonchev–Trinajstić information content (AvgIpc) is 2.64. The van der Waals surface area contributed by atoms with Crippen molar-refractivity contribution in [3.63, 3.8) is 0 Å². The first kappa shape index (κ1) is 17.0. The van der Waals surface area contributed by atoms with Crippen LogP contribution in [0, 0.1) is 5.82 Å². The third kappa shape index (κ3) is 4.00. The summed E-state index contributed by atoms with van der Waals surface area (Å²) < 4.78 is 14.9. The Morgan fingerprint density at radius 3 is 2.64 bits per heavy atom. The van der Waals surface area contributed by atoms with E-state index in [9.17, 15) is 9.18 Å². The molecule has 25 heavy (non-hydrogen) atoms. The van der Waals surface area contributed by atoms with Gasteiger partial charge in [0.15, 0.2) is 5.82 Å². The lowest BCUT2D eigenvalue weighted by molar-refractivity contribution is -0.106. The Bertz CT molecular complexity index is 876. The summed E-state index contributed by atoms with van der Waals surface area (Å²) in [7, 11) is 0. The number of hydrogen-bond acceptors (Lipinski definition) is 4. The Morgan fingerprint density at radius 2 is 1.92 bits per heavy atom. The van der Waals surface area contributed by atoms with Crippen LogP contribution in [0.15, 0.2) is 65.5 Å². The number of carbonyl (C=O) groups excluding carboxylic acids is 1. The van der Waals surface area contributed by atoms with Crippen LogP contribution >= 0.6 is 15.9 Å². The molecule has 3 aromatic rings. The van der Waals surface area contributed by atoms with E-state index in [1.807, 2.05) is 12.1 Å². The average molecular weight is 401 g/mol. The molecule has 0 aliphatic heterocycles. The summed E-state index contributed by atoms with van der Waals surface area (Å²) in [4.78, 5) is 21.1. The van der Waals surface area contributed by atoms with Crippen molar-refractivity contribution in [3.05, 3.63) is 76.9 Å². The molecule has 7 heteroatoms. The van der Waals surface area contributed by atoms with Crippen LogP contribution in [0.1, 0.15) is 5.56 Å². The maximum absolute atomic E-state index is 14.3. The van der Waals surface area contributed by atoms with Crippen LogP contribution in [0.3, 0.4) is 0 Å². The molecule has 0 fully saturated rings. The topological polar surface area (TPSA) is 58.1 Å². The first-order chi connectivity index (χ1) is 12.2. The van der Waals surface area contributed by atoms with E-state index in [1.165, 1.54) is 17.0 Å². The highest BCUT2D eigenvalue weighted by Crippen LogP contribution is 2.32. The molecule has 0 unspecified atom stereocenters. The Hall–Kier alpha value is -2.80. The quantitative estimate of drug-likeness (QED) is 0.627. The van der Waals surface area contributed by atoms with Gasteiger partial charge in [0.2, 0.25) is 6.41 Å². The lowest BCUT2D eigenvalue weighted by Crippen LogP contribution is -2.18. The van der Waals surface area contributed by atoms with E-state index in [1.54, 1.807) is 36.8 Å². The summed E-state index contributed by atoms with van der Waals surface area (Å²) in [6.07, 6.45) is 5.58. The first-order valence-corrected chi connectivity index (χ1v) is 8.25. The third-order valence-electron chi connectivity index (χ3n) is 3.53. The fourth-order valence-electron chi connectivity index (χ4n) is 2.33. The Morgan fingerprint density at radius 1 is 1.12 bits per heavy atom. The molecular formula is C18H14BrFN4O. The fourth-order valence-corrected chi connectivity index (χ4v) is 2.67. The molecule has 5 nitrogen and oxygen atoms in total. The van der Waals surface area contributed by atoms with Gasteiger partial charge in [-0.2, -0.15) is 0 Å². The lowest BCUT2D eigenvalue weighted by Gasteiger charge is -2.21. The van der Waals surface area contributed by atoms with Crippen molar-refractivity contribution >= 4 is 39.5 Å². The standard InChI is InChI=1S/C18H14BrFN4O/c19-14-3-4-16(15(20)10-14)24(12-25)17-2-1-7-22-18(17)23-11-13-5-8-21-9-6-13/h1-10,12H,11H2,(H,22,23). The molecule has 0 aliphatic carbocycles. The molecular weight excluding hydrogens is 387 g/mol. The highest BCUT2D eigenvalue weighted by Gasteiger charge is 2.17. The van der Waals surface area contributed by atoms with Crippen LogP contribution in [0.4, 0.5) is 21.6 Å². The van der Waals surface area contributed by atoms with Gasteiger partial charge in [-0.05, 0) is 48.0 Å². The van der Waals surface area contributed by atoms with Crippen LogP contribution in [-0.2, 0) is 11.3 Å². The molecule has 0 radical (unpaired) electrons. The van der Waals surface area contributed by atoms with E-state index >= 15 is 0 Å². The molecule has 0 saturated carbocycles. The monoisotopic (exact) mass is 400 g/mol. The van der Waals surface area contributed by atoms with Gasteiger partial charge in [0.1, 0.15) is 5.82 Å². The van der Waals surface area contributed by atoms with E-state index in [0.717, 1.165) is 5.56 Å². The van der Waals surface area contributed by atoms with Crippen molar-refractivity contribution in [1.82, 2.24) is 9.97 Å². The number of rotatable bonds is 6. The van der Waals surface area contributed by atoms with Gasteiger partial charge >= 0.3 is 0 Å². The number of anilines is 3. The summed E-state index contributed by atoms with van der Waals surface area (Å²) in [6, 6.07) is 11.7. The van der Waals surface area contributed by atoms with Crippen molar-refractivity contribution in [2.45, 2.75) is 6.54 Å². The molecule has 126 valence electrons. The molecule has 1 N–H and O–H groups in total. The maximum Gasteiger partial charge on any atom is 0.218 e. The Kier molecular flexibility index (Phi) is 5.35. The molecule has 0 spiro atoms. The Balaban J connectivity index is 1.91. The second kappa shape index (κ2) is 7.85. The number of amides is 1. The molecule has 0 aliphatic rings. The van der Waals surface area contributed by atoms with Gasteiger partial charge < -0.3 is 5.32 Å². The zero-order chi connectivity index (χ0) is 17.6. The number of carbonyl (C=O) groups is 1. The number of nitrogens with zero attached hydrogens (tertiary/aromatic N) is 3. The zero-order valence-corrected chi connectivity index (χ0v) is 14.6. The number of nitrogens with one attached hydrogen (secondary N) is 1. The van der Waals surface area contributed by atoms with Gasteiger partial charge in [-0.25, -0.2) is 9.37 Å². The summed E-state index contributed by atoms with van der Waals surface area (Å²) in [6.45, 7) is 0.502. The van der Waals surface area contributed by atoms with Crippen LogP contribution < -0.4 is 10.2 Å². The summed E-state index contributed by atoms with van der Waals surface area (Å²) >= 11 is 3.21. The summed E-state index contributed by atoms with van der Waals surface area (Å²) in [5, 5.41) is 3.17. The Labute approximate surface area is 152 Å². The van der Waals surface area contributed by atoms with E-state index in [2.05, 4.69) is 31.2 Å². The third-order valence-corrected chi connectivity index (χ3v) is 4.02. The van der Waals surface area contributed by atoms with E-state index in [0.29, 0.717) is 28.9 Å². The zero-order valence-electron chi connectivity index (χ0n) is 13.1. The summed E-state index contributed by atoms with van der Waals surface area (Å²) in [5.41, 5.74) is 1.63. The van der Waals surface area contributed by atoms with Crippen LogP contribution in [-0.4, -0.2) is 16.4 Å². The molecule has 0 atom stereocenters. The predicted octanol–water partition coefficient (Wildman–Crippen LogP) is 4.28. The van der Waals surface area contributed by atoms with Gasteiger partial charge in [0.05, 0.1) is 11.4 Å². The molecule has 2 heterocycles. The van der Waals surface area contributed by atoms with Crippen LogP contribution in [0.25, 0.3) is 0 Å². The summed E-state index contributed by atoms with van der Waals surface area (Å²) in [5.74, 6) is -0.0286. The SMILES string of the molecule is O=CN(c1ccc(Br)cc1F)c1cccnc1NCc1ccncc1. The second-order valence-electron chi connectivity index (χ2n) is 5.15. The van der Waals surface area contributed by atoms with Crippen LogP contribution in [0.2, 0.25) is 0 Å². The van der Waals surface area contributed by atoms with Crippen molar-refractivity contribution in [1.29, 1.82) is 0 Å². The normalized spacial score (nSPS) is 10.3. The minimum Gasteiger partial charge on any atom is -0.364 e. The second-order valence-corrected chi connectivity index (χ2v) is 6.07. The molecule has 3 rings (SSSR count). The van der Waals surface area contributed by atoms with Crippen molar-refractivity contribution in [2.24, 2.45) is 0 Å². The highest BCUT2D eigenvalue weighted by atomic mass is 79.9. The van der Waals surface area contributed by atoms with E-state index in [4.69, 9.17) is 0 Å². The molecule has 1 aromatic carbocycles. The molecule has 0 bridgehead atoms. The smallest absolute Gasteiger partial charge is 0.218 e. The minimum absolute atomic E-state index is 0.151. The van der Waals surface area contributed by atoms with E-state index in [-0.39, 0.29) is 5.69 Å². The predicted molar refractivity (Wildman–Crippen MR) is 98.1 cm³/mol. The number of benzene rings is 1. The van der Waals surface area contributed by atoms with E-state index < -0.39 is 5.82 Å². The van der Waals surface area contributed by atoms with Crippen molar-refractivity contribution in [3.8, 4) is 0 Å². The van der Waals surface area contributed by atoms with Gasteiger partial charge in [0.25, 0.3) is 0 Å². The largest absolute Gasteiger partial charge is 0.364 e. The molecule has 1 amide bonds. The molecule has 2 aromatic heterocycles. The number of hydrogen-bond donors (Lipinski definition) is 1. The number of aromatic nitrogens is 2. The van der Waals surface area contributed by atoms with Gasteiger partial charge in [-0.15, -0.1) is 0 Å². The van der Waals surface area contributed by atoms with Gasteiger partial charge in [-0.1, -0.05) is 15.9 Å². The lowest BCUT2D eigenvalue weighted by atomic mass is 10.2.